The largest absolute Gasteiger partial charge is 0.343 e. The monoisotopic (exact) mass is 336 g/mol. The highest BCUT2D eigenvalue weighted by Crippen LogP contribution is 2.22. The van der Waals surface area contributed by atoms with Crippen molar-refractivity contribution in [2.45, 2.75) is 31.2 Å². The van der Waals surface area contributed by atoms with Crippen molar-refractivity contribution in [1.82, 2.24) is 9.62 Å². The Morgan fingerprint density at radius 2 is 1.96 bits per heavy atom. The summed E-state index contributed by atoms with van der Waals surface area (Å²) in [5.41, 5.74) is 1.09. The summed E-state index contributed by atoms with van der Waals surface area (Å²) in [6.07, 6.45) is 4.69. The number of piperidine rings is 1. The molecule has 1 aromatic carbocycles. The Labute approximate surface area is 138 Å². The van der Waals surface area contributed by atoms with E-state index in [1.807, 2.05) is 41.3 Å². The SMILES string of the molecule is C=C[C@H](CC(=O)N1CCC(NS(C)(=O)=O)CC1)c1ccccc1. The van der Waals surface area contributed by atoms with E-state index >= 15 is 0 Å². The summed E-state index contributed by atoms with van der Waals surface area (Å²) in [4.78, 5) is 14.3. The number of rotatable bonds is 6. The van der Waals surface area contributed by atoms with Gasteiger partial charge in [0.2, 0.25) is 15.9 Å². The van der Waals surface area contributed by atoms with Crippen LogP contribution in [0, 0.1) is 0 Å². The van der Waals surface area contributed by atoms with Gasteiger partial charge in [0.25, 0.3) is 0 Å². The standard InChI is InChI=1S/C17H24N2O3S/c1-3-14(15-7-5-4-6-8-15)13-17(20)19-11-9-16(10-12-19)18-23(2,21)22/h3-8,14,16,18H,1,9-13H2,2H3/t14-/m1/s1. The number of benzene rings is 1. The van der Waals surface area contributed by atoms with Gasteiger partial charge in [-0.1, -0.05) is 36.4 Å². The number of carbonyl (C=O) groups is 1. The average molecular weight is 336 g/mol. The van der Waals surface area contributed by atoms with Crippen LogP contribution in [0.3, 0.4) is 0 Å². The summed E-state index contributed by atoms with van der Waals surface area (Å²) in [7, 11) is -3.19. The fourth-order valence-electron chi connectivity index (χ4n) is 2.90. The fourth-order valence-corrected chi connectivity index (χ4v) is 3.75. The number of carbonyl (C=O) groups excluding carboxylic acids is 1. The van der Waals surface area contributed by atoms with Gasteiger partial charge in [-0.25, -0.2) is 13.1 Å². The van der Waals surface area contributed by atoms with E-state index in [0.29, 0.717) is 32.4 Å². The van der Waals surface area contributed by atoms with Crippen LogP contribution in [0.5, 0.6) is 0 Å². The van der Waals surface area contributed by atoms with E-state index in [4.69, 9.17) is 0 Å². The molecule has 1 saturated heterocycles. The molecule has 5 nitrogen and oxygen atoms in total. The smallest absolute Gasteiger partial charge is 0.223 e. The number of allylic oxidation sites excluding steroid dienone is 1. The second-order valence-electron chi connectivity index (χ2n) is 6.00. The van der Waals surface area contributed by atoms with Crippen molar-refractivity contribution in [3.05, 3.63) is 48.6 Å². The quantitative estimate of drug-likeness (QED) is 0.807. The Morgan fingerprint density at radius 3 is 2.48 bits per heavy atom. The van der Waals surface area contributed by atoms with Gasteiger partial charge >= 0.3 is 0 Å². The van der Waals surface area contributed by atoms with Crippen LogP contribution in [0.4, 0.5) is 0 Å². The molecule has 1 heterocycles. The molecule has 0 aliphatic carbocycles. The molecule has 126 valence electrons. The minimum absolute atomic E-state index is 0.00979. The first-order chi connectivity index (χ1) is 10.9. The van der Waals surface area contributed by atoms with E-state index in [2.05, 4.69) is 11.3 Å². The van der Waals surface area contributed by atoms with Gasteiger partial charge in [0.05, 0.1) is 6.26 Å². The van der Waals surface area contributed by atoms with Gasteiger partial charge in [-0.15, -0.1) is 6.58 Å². The molecule has 1 aliphatic heterocycles. The van der Waals surface area contributed by atoms with Crippen molar-refractivity contribution < 1.29 is 13.2 Å². The Hall–Kier alpha value is -1.66. The highest BCUT2D eigenvalue weighted by Gasteiger charge is 2.25. The molecule has 1 atom stereocenters. The van der Waals surface area contributed by atoms with Crippen LogP contribution in [0.2, 0.25) is 0 Å². The molecule has 0 radical (unpaired) electrons. The number of nitrogens with one attached hydrogen (secondary N) is 1. The lowest BCUT2D eigenvalue weighted by Gasteiger charge is -2.32. The van der Waals surface area contributed by atoms with Crippen molar-refractivity contribution in [2.75, 3.05) is 19.3 Å². The molecule has 0 aromatic heterocycles. The van der Waals surface area contributed by atoms with Crippen LogP contribution in [0.25, 0.3) is 0 Å². The molecule has 1 amide bonds. The molecule has 0 spiro atoms. The van der Waals surface area contributed by atoms with Crippen LogP contribution < -0.4 is 4.72 Å². The zero-order valence-electron chi connectivity index (χ0n) is 13.4. The van der Waals surface area contributed by atoms with Gasteiger partial charge in [-0.3, -0.25) is 4.79 Å². The second-order valence-corrected chi connectivity index (χ2v) is 7.78. The zero-order chi connectivity index (χ0) is 16.9. The number of hydrogen-bond acceptors (Lipinski definition) is 3. The maximum absolute atomic E-state index is 12.5. The Bertz CT molecular complexity index is 635. The van der Waals surface area contributed by atoms with E-state index in [1.54, 1.807) is 0 Å². The molecule has 1 N–H and O–H groups in total. The van der Waals surface area contributed by atoms with Gasteiger partial charge in [0.15, 0.2) is 0 Å². The Kier molecular flexibility index (Phi) is 5.96. The summed E-state index contributed by atoms with van der Waals surface area (Å²) < 4.78 is 25.1. The summed E-state index contributed by atoms with van der Waals surface area (Å²) in [5, 5.41) is 0. The van der Waals surface area contributed by atoms with E-state index in [0.717, 1.165) is 5.56 Å². The average Bonchev–Trinajstić information content (AvgIpc) is 2.52. The predicted octanol–water partition coefficient (Wildman–Crippen LogP) is 1.89. The summed E-state index contributed by atoms with van der Waals surface area (Å²) >= 11 is 0. The summed E-state index contributed by atoms with van der Waals surface area (Å²) in [5.74, 6) is 0.104. The van der Waals surface area contributed by atoms with E-state index in [9.17, 15) is 13.2 Å². The molecular weight excluding hydrogens is 312 g/mol. The maximum Gasteiger partial charge on any atom is 0.223 e. The lowest BCUT2D eigenvalue weighted by molar-refractivity contribution is -0.132. The van der Waals surface area contributed by atoms with Crippen LogP contribution in [0.15, 0.2) is 43.0 Å². The zero-order valence-corrected chi connectivity index (χ0v) is 14.3. The summed E-state index contributed by atoms with van der Waals surface area (Å²) in [6.45, 7) is 5.02. The molecule has 0 bridgehead atoms. The number of sulfonamides is 1. The third kappa shape index (κ3) is 5.48. The fraction of sp³-hybridized carbons (Fsp3) is 0.471. The van der Waals surface area contributed by atoms with Gasteiger partial charge in [0.1, 0.15) is 0 Å². The molecule has 0 unspecified atom stereocenters. The lowest BCUT2D eigenvalue weighted by Crippen LogP contribution is -2.46. The van der Waals surface area contributed by atoms with Crippen molar-refractivity contribution in [3.8, 4) is 0 Å². The van der Waals surface area contributed by atoms with Gasteiger partial charge in [-0.2, -0.15) is 0 Å². The number of nitrogens with zero attached hydrogens (tertiary/aromatic N) is 1. The first kappa shape index (κ1) is 17.7. The van der Waals surface area contributed by atoms with Gasteiger partial charge < -0.3 is 4.90 Å². The minimum atomic E-state index is -3.19. The van der Waals surface area contributed by atoms with Crippen LogP contribution in [0.1, 0.15) is 30.7 Å². The first-order valence-corrected chi connectivity index (χ1v) is 9.71. The molecule has 1 fully saturated rings. The maximum atomic E-state index is 12.5. The van der Waals surface area contributed by atoms with Crippen molar-refractivity contribution in [1.29, 1.82) is 0 Å². The molecule has 1 aliphatic rings. The molecule has 23 heavy (non-hydrogen) atoms. The van der Waals surface area contributed by atoms with Gasteiger partial charge in [-0.05, 0) is 18.4 Å². The third-order valence-electron chi connectivity index (χ3n) is 4.14. The number of hydrogen-bond donors (Lipinski definition) is 1. The normalized spacial score (nSPS) is 17.7. The molecule has 0 saturated carbocycles. The predicted molar refractivity (Wildman–Crippen MR) is 91.6 cm³/mol. The third-order valence-corrected chi connectivity index (χ3v) is 4.90. The van der Waals surface area contributed by atoms with Crippen molar-refractivity contribution in [2.24, 2.45) is 0 Å². The molecule has 2 rings (SSSR count). The molecular formula is C17H24N2O3S. The van der Waals surface area contributed by atoms with Crippen LogP contribution >= 0.6 is 0 Å². The Morgan fingerprint density at radius 1 is 1.35 bits per heavy atom. The second kappa shape index (κ2) is 7.75. The van der Waals surface area contributed by atoms with Crippen LogP contribution in [-0.2, 0) is 14.8 Å². The van der Waals surface area contributed by atoms with Gasteiger partial charge in [0, 0.05) is 31.5 Å². The molecule has 1 aromatic rings. The minimum Gasteiger partial charge on any atom is -0.343 e. The highest BCUT2D eigenvalue weighted by molar-refractivity contribution is 7.88. The van der Waals surface area contributed by atoms with E-state index in [1.165, 1.54) is 6.26 Å². The first-order valence-electron chi connectivity index (χ1n) is 7.81. The topological polar surface area (TPSA) is 66.5 Å². The number of amides is 1. The Balaban J connectivity index is 1.88. The van der Waals surface area contributed by atoms with E-state index < -0.39 is 10.0 Å². The van der Waals surface area contributed by atoms with E-state index in [-0.39, 0.29) is 17.9 Å². The van der Waals surface area contributed by atoms with Crippen molar-refractivity contribution >= 4 is 15.9 Å². The number of likely N-dealkylation sites (tertiary alicyclic amines) is 1. The summed E-state index contributed by atoms with van der Waals surface area (Å²) in [6, 6.07) is 9.80. The molecule has 6 heteroatoms. The lowest BCUT2D eigenvalue weighted by atomic mass is 9.94. The van der Waals surface area contributed by atoms with Crippen LogP contribution in [-0.4, -0.2) is 44.6 Å². The highest BCUT2D eigenvalue weighted by atomic mass is 32.2. The van der Waals surface area contributed by atoms with Crippen molar-refractivity contribution in [3.63, 3.8) is 0 Å².